The van der Waals surface area contributed by atoms with Crippen molar-refractivity contribution in [3.8, 4) is 0 Å². The van der Waals surface area contributed by atoms with Crippen molar-refractivity contribution < 1.29 is 9.59 Å². The molecule has 0 saturated heterocycles. The van der Waals surface area contributed by atoms with Crippen LogP contribution in [-0.2, 0) is 9.59 Å². The van der Waals surface area contributed by atoms with Gasteiger partial charge in [-0.25, -0.2) is 0 Å². The van der Waals surface area contributed by atoms with Crippen LogP contribution in [0.15, 0.2) is 42.5 Å². The summed E-state index contributed by atoms with van der Waals surface area (Å²) >= 11 is 0. The Bertz CT molecular complexity index is 823. The van der Waals surface area contributed by atoms with E-state index in [-0.39, 0.29) is 18.2 Å². The molecule has 0 radical (unpaired) electrons. The molecule has 0 saturated carbocycles. The third-order valence-corrected chi connectivity index (χ3v) is 5.01. The van der Waals surface area contributed by atoms with Crippen LogP contribution >= 0.6 is 0 Å². The third-order valence-electron chi connectivity index (χ3n) is 5.01. The van der Waals surface area contributed by atoms with Crippen LogP contribution in [0.4, 0.5) is 11.4 Å². The van der Waals surface area contributed by atoms with Crippen LogP contribution in [0.5, 0.6) is 0 Å². The van der Waals surface area contributed by atoms with Crippen LogP contribution in [0.3, 0.4) is 0 Å². The maximum Gasteiger partial charge on any atom is 0.226 e. The van der Waals surface area contributed by atoms with E-state index in [0.717, 1.165) is 22.5 Å². The molecule has 2 rings (SSSR count). The summed E-state index contributed by atoms with van der Waals surface area (Å²) in [6.07, 6.45) is 0.247. The Morgan fingerprint density at radius 1 is 0.964 bits per heavy atom. The second-order valence-electron chi connectivity index (χ2n) is 7.91. The number of nitrogens with zero attached hydrogens (tertiary/aromatic N) is 1. The molecule has 0 spiro atoms. The lowest BCUT2D eigenvalue weighted by Gasteiger charge is -2.22. The largest absolute Gasteiger partial charge is 0.326 e. The van der Waals surface area contributed by atoms with Gasteiger partial charge in [0, 0.05) is 31.3 Å². The van der Waals surface area contributed by atoms with E-state index in [2.05, 4.69) is 33.0 Å². The number of nitrogens with one attached hydrogen (secondary N) is 1. The van der Waals surface area contributed by atoms with Crippen molar-refractivity contribution in [2.75, 3.05) is 16.8 Å². The van der Waals surface area contributed by atoms with Crippen molar-refractivity contribution in [3.63, 3.8) is 0 Å². The Labute approximate surface area is 169 Å². The molecule has 0 aliphatic rings. The van der Waals surface area contributed by atoms with Gasteiger partial charge in [-0.15, -0.1) is 0 Å². The summed E-state index contributed by atoms with van der Waals surface area (Å²) in [6, 6.07) is 14.0. The Morgan fingerprint density at radius 3 is 2.14 bits per heavy atom. The molecular weight excluding hydrogens is 348 g/mol. The topological polar surface area (TPSA) is 49.4 Å². The Balaban J connectivity index is 2.08. The molecule has 0 unspecified atom stereocenters. The molecule has 4 nitrogen and oxygen atoms in total. The summed E-state index contributed by atoms with van der Waals surface area (Å²) in [5.41, 5.74) is 5.11. The first kappa shape index (κ1) is 21.7. The van der Waals surface area contributed by atoms with Gasteiger partial charge in [0.25, 0.3) is 0 Å². The quantitative estimate of drug-likeness (QED) is 0.677. The summed E-state index contributed by atoms with van der Waals surface area (Å²) in [5, 5.41) is 3.05. The van der Waals surface area contributed by atoms with Gasteiger partial charge in [-0.05, 0) is 47.6 Å². The fraction of sp³-hybridized carbons (Fsp3) is 0.417. The lowest BCUT2D eigenvalue weighted by molar-refractivity contribution is -0.117. The minimum Gasteiger partial charge on any atom is -0.326 e. The number of hydrogen-bond acceptors (Lipinski definition) is 2. The van der Waals surface area contributed by atoms with Crippen molar-refractivity contribution >= 4 is 23.2 Å². The van der Waals surface area contributed by atoms with Crippen molar-refractivity contribution in [1.82, 2.24) is 0 Å². The standard InChI is InChI=1S/C24H32N2O2/c1-16(2)20-10-12-21(13-11-20)26(19(6)27)15-14-23(28)25-24-18(5)8-7-9-22(24)17(3)4/h7-13,16-17H,14-15H2,1-6H3,(H,25,28). The second kappa shape index (κ2) is 9.54. The van der Waals surface area contributed by atoms with Crippen molar-refractivity contribution in [2.45, 2.75) is 59.8 Å². The van der Waals surface area contributed by atoms with E-state index in [1.165, 1.54) is 12.5 Å². The SMILES string of the molecule is CC(=O)N(CCC(=O)Nc1c(C)cccc1C(C)C)c1ccc(C(C)C)cc1. The molecule has 0 fully saturated rings. The number of benzene rings is 2. The molecule has 2 amide bonds. The van der Waals surface area contributed by atoms with E-state index in [0.29, 0.717) is 18.4 Å². The summed E-state index contributed by atoms with van der Waals surface area (Å²) in [7, 11) is 0. The number of aryl methyl sites for hydroxylation is 1. The number of carbonyl (C=O) groups excluding carboxylic acids is 2. The molecule has 0 aliphatic heterocycles. The van der Waals surface area contributed by atoms with Crippen LogP contribution in [0.1, 0.15) is 69.6 Å². The van der Waals surface area contributed by atoms with E-state index in [9.17, 15) is 9.59 Å². The van der Waals surface area contributed by atoms with Gasteiger partial charge < -0.3 is 10.2 Å². The van der Waals surface area contributed by atoms with E-state index in [1.54, 1.807) is 4.90 Å². The highest BCUT2D eigenvalue weighted by molar-refractivity contribution is 5.95. The maximum atomic E-state index is 12.6. The van der Waals surface area contributed by atoms with Crippen LogP contribution in [0.25, 0.3) is 0 Å². The summed E-state index contributed by atoms with van der Waals surface area (Å²) in [4.78, 5) is 26.4. The molecule has 28 heavy (non-hydrogen) atoms. The zero-order valence-electron chi connectivity index (χ0n) is 17.9. The minimum absolute atomic E-state index is 0.0659. The van der Waals surface area contributed by atoms with Gasteiger partial charge in [0.2, 0.25) is 11.8 Å². The van der Waals surface area contributed by atoms with Gasteiger partial charge in [-0.3, -0.25) is 9.59 Å². The molecule has 150 valence electrons. The fourth-order valence-electron chi connectivity index (χ4n) is 3.27. The molecule has 0 heterocycles. The third kappa shape index (κ3) is 5.44. The van der Waals surface area contributed by atoms with Gasteiger partial charge in [0.15, 0.2) is 0 Å². The number of para-hydroxylation sites is 1. The average molecular weight is 381 g/mol. The highest BCUT2D eigenvalue weighted by Gasteiger charge is 2.16. The van der Waals surface area contributed by atoms with E-state index >= 15 is 0 Å². The van der Waals surface area contributed by atoms with Crippen LogP contribution < -0.4 is 10.2 Å². The molecule has 2 aromatic carbocycles. The number of carbonyl (C=O) groups is 2. The van der Waals surface area contributed by atoms with Gasteiger partial charge >= 0.3 is 0 Å². The Hall–Kier alpha value is -2.62. The summed E-state index contributed by atoms with van der Waals surface area (Å²) in [6.45, 7) is 12.4. The molecule has 0 atom stereocenters. The number of rotatable bonds is 7. The predicted molar refractivity (Wildman–Crippen MR) is 117 cm³/mol. The first-order chi connectivity index (χ1) is 13.2. The predicted octanol–water partition coefficient (Wildman–Crippen LogP) is 5.62. The Kier molecular flexibility index (Phi) is 7.38. The van der Waals surface area contributed by atoms with Gasteiger partial charge in [-0.1, -0.05) is 58.0 Å². The normalized spacial score (nSPS) is 11.0. The smallest absolute Gasteiger partial charge is 0.226 e. The zero-order valence-corrected chi connectivity index (χ0v) is 17.9. The first-order valence-electron chi connectivity index (χ1n) is 9.98. The fourth-order valence-corrected chi connectivity index (χ4v) is 3.27. The molecular formula is C24H32N2O2. The first-order valence-corrected chi connectivity index (χ1v) is 9.98. The summed E-state index contributed by atoms with van der Waals surface area (Å²) in [5.74, 6) is 0.614. The second-order valence-corrected chi connectivity index (χ2v) is 7.91. The lowest BCUT2D eigenvalue weighted by Crippen LogP contribution is -2.32. The monoisotopic (exact) mass is 380 g/mol. The Morgan fingerprint density at radius 2 is 1.61 bits per heavy atom. The van der Waals surface area contributed by atoms with Crippen molar-refractivity contribution in [3.05, 3.63) is 59.2 Å². The number of hydrogen-bond donors (Lipinski definition) is 1. The van der Waals surface area contributed by atoms with Crippen LogP contribution in [-0.4, -0.2) is 18.4 Å². The molecule has 0 bridgehead atoms. The average Bonchev–Trinajstić information content (AvgIpc) is 2.63. The molecule has 1 N–H and O–H groups in total. The van der Waals surface area contributed by atoms with Gasteiger partial charge in [0.1, 0.15) is 0 Å². The van der Waals surface area contributed by atoms with Gasteiger partial charge in [0.05, 0.1) is 0 Å². The van der Waals surface area contributed by atoms with E-state index in [4.69, 9.17) is 0 Å². The maximum absolute atomic E-state index is 12.6. The van der Waals surface area contributed by atoms with Crippen LogP contribution in [0.2, 0.25) is 0 Å². The molecule has 4 heteroatoms. The van der Waals surface area contributed by atoms with Crippen LogP contribution in [0, 0.1) is 6.92 Å². The molecule has 0 aliphatic carbocycles. The zero-order chi connectivity index (χ0) is 20.8. The lowest BCUT2D eigenvalue weighted by atomic mass is 9.98. The van der Waals surface area contributed by atoms with Crippen molar-refractivity contribution in [1.29, 1.82) is 0 Å². The molecule has 2 aromatic rings. The molecule has 0 aromatic heterocycles. The van der Waals surface area contributed by atoms with E-state index in [1.807, 2.05) is 49.4 Å². The van der Waals surface area contributed by atoms with Gasteiger partial charge in [-0.2, -0.15) is 0 Å². The highest BCUT2D eigenvalue weighted by atomic mass is 16.2. The number of amides is 2. The highest BCUT2D eigenvalue weighted by Crippen LogP contribution is 2.27. The van der Waals surface area contributed by atoms with Crippen molar-refractivity contribution in [2.24, 2.45) is 0 Å². The minimum atomic E-state index is -0.0822. The number of anilines is 2. The summed E-state index contributed by atoms with van der Waals surface area (Å²) < 4.78 is 0. The van der Waals surface area contributed by atoms with E-state index < -0.39 is 0 Å².